The van der Waals surface area contributed by atoms with E-state index in [1.807, 2.05) is 0 Å². The second kappa shape index (κ2) is 9.07. The second-order valence-electron chi connectivity index (χ2n) is 9.05. The van der Waals surface area contributed by atoms with Crippen molar-refractivity contribution in [3.8, 4) is 0 Å². The molecule has 4 atom stereocenters. The molecular formula is C24H22ClF2NO6S. The lowest BCUT2D eigenvalue weighted by Gasteiger charge is -2.40. The summed E-state index contributed by atoms with van der Waals surface area (Å²) in [4.78, 5) is 36.4. The van der Waals surface area contributed by atoms with Crippen LogP contribution in [0.15, 0.2) is 41.3 Å². The lowest BCUT2D eigenvalue weighted by Crippen LogP contribution is -2.55. The predicted molar refractivity (Wildman–Crippen MR) is 123 cm³/mol. The van der Waals surface area contributed by atoms with Crippen LogP contribution in [0.4, 0.5) is 14.5 Å². The maximum atomic E-state index is 13.5. The second-order valence-corrected chi connectivity index (χ2v) is 11.7. The first-order valence-electron chi connectivity index (χ1n) is 10.9. The molecule has 2 aliphatic rings. The number of hydrogen-bond donors (Lipinski definition) is 2. The van der Waals surface area contributed by atoms with Gasteiger partial charge in [0.05, 0.1) is 15.2 Å². The Kier molecular flexibility index (Phi) is 6.58. The van der Waals surface area contributed by atoms with Gasteiger partial charge in [-0.15, -0.1) is 0 Å². The molecule has 0 saturated heterocycles. The number of anilines is 1. The third-order valence-corrected chi connectivity index (χ3v) is 9.66. The Bertz CT molecular complexity index is 1330. The van der Waals surface area contributed by atoms with Crippen LogP contribution in [0.25, 0.3) is 0 Å². The number of Topliss-reactive ketones (excluding diaryl/α,β-unsaturated/α-hetero) is 2. The Morgan fingerprint density at radius 3 is 2.23 bits per heavy atom. The minimum Gasteiger partial charge on any atom is -0.381 e. The highest BCUT2D eigenvalue weighted by Crippen LogP contribution is 2.52. The van der Waals surface area contributed by atoms with E-state index in [4.69, 9.17) is 11.6 Å². The molecule has 186 valence electrons. The van der Waals surface area contributed by atoms with Crippen LogP contribution >= 0.6 is 11.6 Å². The molecule has 35 heavy (non-hydrogen) atoms. The molecular weight excluding hydrogens is 504 g/mol. The highest BCUT2D eigenvalue weighted by Gasteiger charge is 2.60. The van der Waals surface area contributed by atoms with Crippen LogP contribution in [-0.2, 0) is 19.4 Å². The molecule has 0 radical (unpaired) electrons. The largest absolute Gasteiger partial charge is 0.381 e. The molecule has 2 aliphatic carbocycles. The van der Waals surface area contributed by atoms with Crippen LogP contribution in [0.3, 0.4) is 0 Å². The molecule has 0 aliphatic heterocycles. The van der Waals surface area contributed by atoms with Gasteiger partial charge in [-0.25, -0.2) is 17.2 Å². The number of fused-ring (bicyclic) bond motifs is 2. The van der Waals surface area contributed by atoms with Crippen LogP contribution in [0.2, 0.25) is 5.02 Å². The van der Waals surface area contributed by atoms with Gasteiger partial charge in [0.1, 0.15) is 5.60 Å². The van der Waals surface area contributed by atoms with Crippen LogP contribution in [0.1, 0.15) is 43.0 Å². The van der Waals surface area contributed by atoms with Gasteiger partial charge in [-0.05, 0) is 67.9 Å². The zero-order valence-electron chi connectivity index (χ0n) is 18.6. The van der Waals surface area contributed by atoms with Gasteiger partial charge < -0.3 is 10.4 Å². The molecule has 2 N–H and O–H groups in total. The molecule has 2 saturated carbocycles. The van der Waals surface area contributed by atoms with E-state index in [1.165, 1.54) is 12.1 Å². The normalized spacial score (nSPS) is 25.8. The highest BCUT2D eigenvalue weighted by atomic mass is 35.5. The van der Waals surface area contributed by atoms with Gasteiger partial charge in [0, 0.05) is 24.2 Å². The van der Waals surface area contributed by atoms with Gasteiger partial charge in [0.25, 0.3) is 5.91 Å². The number of sulfone groups is 1. The minimum absolute atomic E-state index is 0.0217. The topological polar surface area (TPSA) is 118 Å². The molecule has 0 aromatic heterocycles. The van der Waals surface area contributed by atoms with Crippen LogP contribution in [0, 0.1) is 23.5 Å². The van der Waals surface area contributed by atoms with Gasteiger partial charge in [-0.1, -0.05) is 11.6 Å². The standard InChI is InChI=1S/C24H22ClF2NO6S/c1-12(29)22(30)24(32)14-3-4-15(24)10-17(9-14)35(33,34)21-8-13(2-6-18(21)25)23(31)28-16-5-7-19(26)20(27)11-16/h2,5-8,11,14-15,17,32H,3-4,9-10H2,1H3,(H,28,31)/t14-,15+,17-,24-. The summed E-state index contributed by atoms with van der Waals surface area (Å²) in [6.07, 6.45) is 0.763. The Morgan fingerprint density at radius 1 is 1.03 bits per heavy atom. The third-order valence-electron chi connectivity index (χ3n) is 7.00. The molecule has 4 rings (SSSR count). The van der Waals surface area contributed by atoms with Crippen molar-refractivity contribution in [2.45, 2.75) is 48.4 Å². The number of nitrogens with one attached hydrogen (secondary N) is 1. The number of rotatable bonds is 6. The molecule has 0 heterocycles. The van der Waals surface area contributed by atoms with Gasteiger partial charge >= 0.3 is 0 Å². The van der Waals surface area contributed by atoms with Gasteiger partial charge in [0.2, 0.25) is 5.78 Å². The molecule has 11 heteroatoms. The predicted octanol–water partition coefficient (Wildman–Crippen LogP) is 3.72. The Hall–Kier alpha value is -2.69. The number of hydrogen-bond acceptors (Lipinski definition) is 6. The molecule has 0 unspecified atom stereocenters. The summed E-state index contributed by atoms with van der Waals surface area (Å²) in [6.45, 7) is 1.08. The van der Waals surface area contributed by atoms with Crippen molar-refractivity contribution in [3.05, 3.63) is 58.6 Å². The van der Waals surface area contributed by atoms with Crippen LogP contribution in [0.5, 0.6) is 0 Å². The van der Waals surface area contributed by atoms with Gasteiger partial charge in [-0.2, -0.15) is 0 Å². The number of amides is 1. The first-order chi connectivity index (χ1) is 16.4. The van der Waals surface area contributed by atoms with Crippen molar-refractivity contribution in [1.82, 2.24) is 0 Å². The number of halogens is 3. The van der Waals surface area contributed by atoms with E-state index >= 15 is 0 Å². The van der Waals surface area contributed by atoms with E-state index in [0.29, 0.717) is 12.8 Å². The average Bonchev–Trinajstić information content (AvgIpc) is 2.97. The molecule has 7 nitrogen and oxygen atoms in total. The SMILES string of the molecule is CC(=O)C(=O)[C@@]1(O)[C@@H]2CC[C@H]1C[C@H](S(=O)(=O)c1cc(C(=O)Nc3ccc(F)c(F)c3)ccc1Cl)C2. The first kappa shape index (κ1) is 25.4. The quantitative estimate of drug-likeness (QED) is 0.555. The molecule has 2 aromatic rings. The van der Waals surface area contributed by atoms with E-state index < -0.39 is 61.6 Å². The van der Waals surface area contributed by atoms with Gasteiger partial charge in [-0.3, -0.25) is 14.4 Å². The summed E-state index contributed by atoms with van der Waals surface area (Å²) >= 11 is 6.19. The fourth-order valence-corrected chi connectivity index (χ4v) is 7.63. The zero-order valence-corrected chi connectivity index (χ0v) is 20.1. The zero-order chi connectivity index (χ0) is 25.7. The van der Waals surface area contributed by atoms with Crippen molar-refractivity contribution in [2.24, 2.45) is 11.8 Å². The van der Waals surface area contributed by atoms with E-state index in [9.17, 15) is 36.7 Å². The first-order valence-corrected chi connectivity index (χ1v) is 12.9. The third kappa shape index (κ3) is 4.39. The number of benzene rings is 2. The van der Waals surface area contributed by atoms with E-state index in [2.05, 4.69) is 5.32 Å². The molecule has 1 amide bonds. The Balaban J connectivity index is 1.60. The van der Waals surface area contributed by atoms with Crippen molar-refractivity contribution < 1.29 is 36.7 Å². The fraction of sp³-hybridized carbons (Fsp3) is 0.375. The van der Waals surface area contributed by atoms with Gasteiger partial charge in [0.15, 0.2) is 27.3 Å². The lowest BCUT2D eigenvalue weighted by molar-refractivity contribution is -0.156. The highest BCUT2D eigenvalue weighted by molar-refractivity contribution is 7.92. The fourth-order valence-electron chi connectivity index (χ4n) is 5.23. The van der Waals surface area contributed by atoms with Crippen molar-refractivity contribution >= 4 is 44.6 Å². The van der Waals surface area contributed by atoms with Crippen molar-refractivity contribution in [3.63, 3.8) is 0 Å². The van der Waals surface area contributed by atoms with E-state index in [1.54, 1.807) is 0 Å². The molecule has 2 bridgehead atoms. The lowest BCUT2D eigenvalue weighted by atomic mass is 9.71. The maximum absolute atomic E-state index is 13.5. The molecule has 2 aromatic carbocycles. The number of ketones is 2. The number of carbonyl (C=O) groups is 3. The summed E-state index contributed by atoms with van der Waals surface area (Å²) < 4.78 is 53.6. The Labute approximate surface area is 205 Å². The van der Waals surface area contributed by atoms with Crippen molar-refractivity contribution in [1.29, 1.82) is 0 Å². The number of carbonyl (C=O) groups excluding carboxylic acids is 3. The smallest absolute Gasteiger partial charge is 0.255 e. The van der Waals surface area contributed by atoms with Crippen LogP contribution in [-0.4, -0.2) is 41.8 Å². The summed E-state index contributed by atoms with van der Waals surface area (Å²) in [5.74, 6) is -6.02. The van der Waals surface area contributed by atoms with E-state index in [0.717, 1.165) is 31.2 Å². The average molecular weight is 526 g/mol. The van der Waals surface area contributed by atoms with Crippen molar-refractivity contribution in [2.75, 3.05) is 5.32 Å². The summed E-state index contributed by atoms with van der Waals surface area (Å²) in [5.41, 5.74) is -1.96. The monoisotopic (exact) mass is 525 g/mol. The maximum Gasteiger partial charge on any atom is 0.255 e. The number of aliphatic hydroxyl groups is 1. The minimum atomic E-state index is -4.08. The molecule has 0 spiro atoms. The van der Waals surface area contributed by atoms with Crippen LogP contribution < -0.4 is 5.32 Å². The van der Waals surface area contributed by atoms with E-state index in [-0.39, 0.29) is 34.0 Å². The summed E-state index contributed by atoms with van der Waals surface area (Å²) in [7, 11) is -4.08. The Morgan fingerprint density at radius 2 is 1.66 bits per heavy atom. The summed E-state index contributed by atoms with van der Waals surface area (Å²) in [6, 6.07) is 6.45. The summed E-state index contributed by atoms with van der Waals surface area (Å²) in [5, 5.41) is 12.3. The molecule has 2 fully saturated rings.